The van der Waals surface area contributed by atoms with Crippen LogP contribution in [0.2, 0.25) is 0 Å². The number of carbonyl (C=O) groups excluding carboxylic acids is 2. The lowest BCUT2D eigenvalue weighted by molar-refractivity contribution is -0.279. The molecule has 3 aromatic rings. The van der Waals surface area contributed by atoms with Crippen LogP contribution in [0.3, 0.4) is 0 Å². The Labute approximate surface area is 276 Å². The molecule has 0 unspecified atom stereocenters. The van der Waals surface area contributed by atoms with Gasteiger partial charge >= 0.3 is 18.0 Å². The number of hydrogen-bond donors (Lipinski definition) is 1. The Morgan fingerprint density at radius 1 is 0.936 bits per heavy atom. The molecule has 0 radical (unpaired) electrons. The number of amidine groups is 1. The summed E-state index contributed by atoms with van der Waals surface area (Å²) in [6.45, 7) is 15.1. The highest BCUT2D eigenvalue weighted by Gasteiger charge is 2.44. The van der Waals surface area contributed by atoms with Gasteiger partial charge in [-0.3, -0.25) is 0 Å². The second-order valence-electron chi connectivity index (χ2n) is 14.4. The van der Waals surface area contributed by atoms with E-state index in [1.165, 1.54) is 4.68 Å². The van der Waals surface area contributed by atoms with E-state index in [2.05, 4.69) is 53.5 Å². The van der Waals surface area contributed by atoms with Crippen molar-refractivity contribution < 1.29 is 23.6 Å². The second-order valence-corrected chi connectivity index (χ2v) is 14.4. The number of aryl methyl sites for hydroxylation is 1. The zero-order chi connectivity index (χ0) is 33.7. The molecule has 1 N–H and O–H groups in total. The van der Waals surface area contributed by atoms with E-state index in [1.807, 2.05) is 77.3 Å². The van der Waals surface area contributed by atoms with E-state index in [9.17, 15) is 9.59 Å². The van der Waals surface area contributed by atoms with Gasteiger partial charge in [0.2, 0.25) is 11.4 Å². The fourth-order valence-corrected chi connectivity index (χ4v) is 6.25. The van der Waals surface area contributed by atoms with Crippen LogP contribution in [0, 0.1) is 6.92 Å². The zero-order valence-electron chi connectivity index (χ0n) is 28.4. The maximum atomic E-state index is 13.2. The summed E-state index contributed by atoms with van der Waals surface area (Å²) in [7, 11) is 0. The quantitative estimate of drug-likeness (QED) is 0.289. The average molecular weight is 633 g/mol. The zero-order valence-corrected chi connectivity index (χ0v) is 28.4. The van der Waals surface area contributed by atoms with E-state index in [0.29, 0.717) is 11.5 Å². The van der Waals surface area contributed by atoms with Crippen LogP contribution < -0.4 is 5.32 Å². The summed E-state index contributed by atoms with van der Waals surface area (Å²) in [6, 6.07) is 18.2. The molecule has 0 bridgehead atoms. The third-order valence-electron chi connectivity index (χ3n) is 8.26. The smallest absolute Gasteiger partial charge is 0.435 e. The number of benzene rings is 2. The first-order chi connectivity index (χ1) is 22.1. The Bertz CT molecular complexity index is 1940. The van der Waals surface area contributed by atoms with E-state index in [4.69, 9.17) is 14.5 Å². The Hall–Kier alpha value is -5.01. The molecule has 9 nitrogen and oxygen atoms in total. The van der Waals surface area contributed by atoms with Gasteiger partial charge in [-0.15, -0.1) is 4.58 Å². The Kier molecular flexibility index (Phi) is 7.92. The summed E-state index contributed by atoms with van der Waals surface area (Å²) in [5, 5.41) is 7.50. The predicted octanol–water partition coefficient (Wildman–Crippen LogP) is 7.84. The molecule has 0 atom stereocenters. The van der Waals surface area contributed by atoms with E-state index in [1.54, 1.807) is 12.3 Å². The van der Waals surface area contributed by atoms with E-state index in [-0.39, 0.29) is 0 Å². The second kappa shape index (κ2) is 11.7. The van der Waals surface area contributed by atoms with Crippen molar-refractivity contribution in [2.45, 2.75) is 91.4 Å². The van der Waals surface area contributed by atoms with Crippen molar-refractivity contribution in [3.05, 3.63) is 100 Å². The minimum atomic E-state index is -0.679. The molecule has 47 heavy (non-hydrogen) atoms. The molecule has 1 amide bonds. The molecular formula is C38H42N5O4+. The topological polar surface area (TPSA) is 97.8 Å². The van der Waals surface area contributed by atoms with Crippen molar-refractivity contribution in [1.82, 2.24) is 15.1 Å². The van der Waals surface area contributed by atoms with Gasteiger partial charge in [-0.05, 0) is 115 Å². The highest BCUT2D eigenvalue weighted by Crippen LogP contribution is 2.44. The first kappa shape index (κ1) is 32.0. The van der Waals surface area contributed by atoms with Crippen LogP contribution >= 0.6 is 0 Å². The molecule has 0 saturated heterocycles. The minimum absolute atomic E-state index is 0.406. The SMILES string of the molecule is CC1=C=[N+]2C(=NC(c3ccc(C4(NC(=O)OC(C)(C)C)CCC4)c(C)c3)=C2c2ccccc2)C(c2ccnn2C(=O)OC(C)(C)C)=C1. The number of alkyl carbamates (subject to hydrolysis) is 1. The normalized spacial score (nSPS) is 17.1. The third kappa shape index (κ3) is 6.36. The van der Waals surface area contributed by atoms with E-state index in [0.717, 1.165) is 64.1 Å². The van der Waals surface area contributed by atoms with Crippen LogP contribution in [0.5, 0.6) is 0 Å². The van der Waals surface area contributed by atoms with Gasteiger partial charge in [0.05, 0.1) is 28.9 Å². The summed E-state index contributed by atoms with van der Waals surface area (Å²) >= 11 is 0. The van der Waals surface area contributed by atoms with Gasteiger partial charge < -0.3 is 14.8 Å². The van der Waals surface area contributed by atoms with Crippen LogP contribution in [0.15, 0.2) is 77.4 Å². The summed E-state index contributed by atoms with van der Waals surface area (Å²) in [6.07, 6.45) is 5.31. The van der Waals surface area contributed by atoms with Crippen LogP contribution in [0.25, 0.3) is 17.0 Å². The number of hydrogen-bond acceptors (Lipinski definition) is 6. The molecule has 9 heteroatoms. The number of nitrogens with zero attached hydrogens (tertiary/aromatic N) is 4. The number of carbonyl (C=O) groups is 2. The van der Waals surface area contributed by atoms with Gasteiger partial charge in [0, 0.05) is 16.7 Å². The lowest BCUT2D eigenvalue weighted by atomic mass is 9.70. The number of amides is 1. The van der Waals surface area contributed by atoms with Gasteiger partial charge in [-0.2, -0.15) is 9.78 Å². The van der Waals surface area contributed by atoms with Crippen molar-refractivity contribution in [3.8, 4) is 0 Å². The van der Waals surface area contributed by atoms with E-state index < -0.39 is 28.9 Å². The van der Waals surface area contributed by atoms with Crippen molar-refractivity contribution in [2.75, 3.05) is 0 Å². The van der Waals surface area contributed by atoms with Crippen molar-refractivity contribution in [1.29, 1.82) is 0 Å². The number of nitrogens with one attached hydrogen (secondary N) is 1. The Balaban J connectivity index is 1.43. The molecule has 0 spiro atoms. The van der Waals surface area contributed by atoms with Gasteiger partial charge in [-0.1, -0.05) is 36.4 Å². The van der Waals surface area contributed by atoms with E-state index >= 15 is 0 Å². The summed E-state index contributed by atoms with van der Waals surface area (Å²) in [5.74, 6) is 4.13. The summed E-state index contributed by atoms with van der Waals surface area (Å²) in [4.78, 5) is 31.3. The van der Waals surface area contributed by atoms with Crippen molar-refractivity contribution in [3.63, 3.8) is 0 Å². The molecular weight excluding hydrogens is 590 g/mol. The molecule has 1 fully saturated rings. The first-order valence-electron chi connectivity index (χ1n) is 16.1. The molecule has 2 aromatic carbocycles. The van der Waals surface area contributed by atoms with Crippen molar-refractivity contribution in [2.24, 2.45) is 4.99 Å². The van der Waals surface area contributed by atoms with Gasteiger partial charge in [-0.25, -0.2) is 9.59 Å². The minimum Gasteiger partial charge on any atom is -0.444 e. The maximum Gasteiger partial charge on any atom is 0.435 e. The molecule has 1 aliphatic carbocycles. The highest BCUT2D eigenvalue weighted by atomic mass is 16.6. The molecule has 1 saturated carbocycles. The number of fused-ring (bicyclic) bond motifs is 1. The molecule has 6 rings (SSSR count). The lowest BCUT2D eigenvalue weighted by Gasteiger charge is -2.44. The maximum absolute atomic E-state index is 13.2. The third-order valence-corrected chi connectivity index (χ3v) is 8.26. The summed E-state index contributed by atoms with van der Waals surface area (Å²) in [5.41, 5.74) is 6.15. The summed E-state index contributed by atoms with van der Waals surface area (Å²) < 4.78 is 14.5. The molecule has 3 aliphatic rings. The monoisotopic (exact) mass is 632 g/mol. The standard InChI is InChI=1S/C38H41N5O4/c1-24-21-28(30-17-20-39-43(30)35(45)47-37(6,7)8)33-40-31(32(42(33)23-24)26-13-10-9-11-14-26)27-15-16-29(25(2)22-27)38(18-12-19-38)41-34(44)46-36(3,4)5/h9-11,13-17,20-22H,12,18-19H2,1-8H3/p+1. The fraction of sp³-hybridized carbons (Fsp3) is 0.368. The van der Waals surface area contributed by atoms with Crippen LogP contribution in [-0.4, -0.2) is 49.5 Å². The molecule has 1 aromatic heterocycles. The van der Waals surface area contributed by atoms with Crippen molar-refractivity contribution >= 4 is 40.9 Å². The molecule has 3 heterocycles. The van der Waals surface area contributed by atoms with Gasteiger partial charge in [0.15, 0.2) is 0 Å². The Morgan fingerprint density at radius 2 is 1.64 bits per heavy atom. The van der Waals surface area contributed by atoms with Crippen LogP contribution in [-0.2, 0) is 15.0 Å². The lowest BCUT2D eigenvalue weighted by Crippen LogP contribution is -2.52. The average Bonchev–Trinajstić information content (AvgIpc) is 3.59. The molecule has 2 aliphatic heterocycles. The predicted molar refractivity (Wildman–Crippen MR) is 183 cm³/mol. The largest absolute Gasteiger partial charge is 0.444 e. The number of allylic oxidation sites excluding steroid dienone is 2. The van der Waals surface area contributed by atoms with Crippen LogP contribution in [0.1, 0.15) is 95.7 Å². The fourth-order valence-electron chi connectivity index (χ4n) is 6.25. The first-order valence-corrected chi connectivity index (χ1v) is 16.1. The van der Waals surface area contributed by atoms with Crippen LogP contribution in [0.4, 0.5) is 9.59 Å². The number of ether oxygens (including phenoxy) is 2. The number of aliphatic imine (C=N–C) groups is 1. The number of rotatable bonds is 5. The van der Waals surface area contributed by atoms with Gasteiger partial charge in [0.1, 0.15) is 11.2 Å². The highest BCUT2D eigenvalue weighted by molar-refractivity contribution is 6.26. The Morgan fingerprint density at radius 3 is 2.26 bits per heavy atom. The van der Waals surface area contributed by atoms with Gasteiger partial charge in [0.25, 0.3) is 0 Å². The number of aromatic nitrogens is 2. The molecule has 242 valence electrons.